The van der Waals surface area contributed by atoms with Gasteiger partial charge in [-0.2, -0.15) is 9.61 Å². The molecule has 1 unspecified atom stereocenters. The van der Waals surface area contributed by atoms with Gasteiger partial charge in [-0.1, -0.05) is 34.6 Å². The van der Waals surface area contributed by atoms with Crippen LogP contribution in [0.2, 0.25) is 0 Å². The molecule has 2 aliphatic heterocycles. The lowest BCUT2D eigenvalue weighted by Gasteiger charge is -2.18. The smallest absolute Gasteiger partial charge is 0.280 e. The molecule has 0 aliphatic carbocycles. The zero-order chi connectivity index (χ0) is 23.2. The molecule has 2 aromatic rings. The van der Waals surface area contributed by atoms with Crippen molar-refractivity contribution >= 4 is 17.5 Å². The van der Waals surface area contributed by atoms with Crippen molar-refractivity contribution in [1.29, 1.82) is 0 Å². The Labute approximate surface area is 187 Å². The lowest BCUT2D eigenvalue weighted by atomic mass is 9.93. The van der Waals surface area contributed by atoms with Crippen LogP contribution in [-0.4, -0.2) is 56.7 Å². The molecule has 2 amide bonds. The highest BCUT2D eigenvalue weighted by atomic mass is 16.5. The Bertz CT molecular complexity index is 1100. The van der Waals surface area contributed by atoms with Gasteiger partial charge in [0.1, 0.15) is 17.9 Å². The van der Waals surface area contributed by atoms with E-state index in [0.29, 0.717) is 30.0 Å². The molecule has 1 N–H and O–H groups in total. The monoisotopic (exact) mass is 443 g/mol. The number of aromatic nitrogens is 3. The first-order valence-corrected chi connectivity index (χ1v) is 11.4. The minimum Gasteiger partial charge on any atom is -0.376 e. The highest BCUT2D eigenvalue weighted by Gasteiger charge is 2.36. The Hall–Kier alpha value is -2.68. The van der Waals surface area contributed by atoms with Gasteiger partial charge in [0.05, 0.1) is 23.9 Å². The van der Waals surface area contributed by atoms with Gasteiger partial charge < -0.3 is 19.5 Å². The van der Waals surface area contributed by atoms with Crippen LogP contribution in [0.4, 0.5) is 0 Å². The van der Waals surface area contributed by atoms with Crippen molar-refractivity contribution in [3.63, 3.8) is 0 Å². The summed E-state index contributed by atoms with van der Waals surface area (Å²) >= 11 is 0. The lowest BCUT2D eigenvalue weighted by Crippen LogP contribution is -2.36. The van der Waals surface area contributed by atoms with Gasteiger partial charge in [0.15, 0.2) is 0 Å². The van der Waals surface area contributed by atoms with E-state index >= 15 is 0 Å². The number of carbonyl (C=O) groups is 2. The number of amides is 2. The molecule has 0 radical (unpaired) electrons. The molecule has 0 bridgehead atoms. The number of ether oxygens (including phenoxy) is 1. The third-order valence-corrected chi connectivity index (χ3v) is 6.02. The van der Waals surface area contributed by atoms with E-state index in [9.17, 15) is 14.4 Å². The van der Waals surface area contributed by atoms with Crippen molar-refractivity contribution in [2.75, 3.05) is 19.7 Å². The Morgan fingerprint density at radius 3 is 2.69 bits per heavy atom. The zero-order valence-corrected chi connectivity index (χ0v) is 19.6. The summed E-state index contributed by atoms with van der Waals surface area (Å²) < 4.78 is 8.59. The van der Waals surface area contributed by atoms with E-state index in [1.54, 1.807) is 9.47 Å². The standard InChI is InChI=1S/C23H33N5O4/c1-14(2)11-26-12-16-20(22(26)31)27(13-18(29)24-10-15-7-6-8-32-15)19-9-17(23(3,4)5)25-28(19)21(16)30/h9,14-15H,6-8,10-13H2,1-5H3,(H,24,29). The fourth-order valence-electron chi connectivity index (χ4n) is 4.37. The fraction of sp³-hybridized carbons (Fsp3) is 0.652. The predicted molar refractivity (Wildman–Crippen MR) is 120 cm³/mol. The highest BCUT2D eigenvalue weighted by molar-refractivity contribution is 5.97. The summed E-state index contributed by atoms with van der Waals surface area (Å²) in [5, 5.41) is 7.47. The molecule has 1 atom stereocenters. The Balaban J connectivity index is 1.75. The largest absolute Gasteiger partial charge is 0.376 e. The first-order chi connectivity index (χ1) is 15.1. The van der Waals surface area contributed by atoms with Gasteiger partial charge in [-0.25, -0.2) is 0 Å². The third kappa shape index (κ3) is 4.18. The second-order valence-electron chi connectivity index (χ2n) is 10.3. The molecule has 174 valence electrons. The van der Waals surface area contributed by atoms with E-state index in [1.807, 2.05) is 40.7 Å². The van der Waals surface area contributed by atoms with Crippen LogP contribution >= 0.6 is 0 Å². The average molecular weight is 444 g/mol. The van der Waals surface area contributed by atoms with E-state index < -0.39 is 0 Å². The van der Waals surface area contributed by atoms with Crippen molar-refractivity contribution in [2.24, 2.45) is 5.92 Å². The van der Waals surface area contributed by atoms with Gasteiger partial charge in [-0.3, -0.25) is 14.4 Å². The van der Waals surface area contributed by atoms with Crippen LogP contribution in [0, 0.1) is 5.92 Å². The second-order valence-corrected chi connectivity index (χ2v) is 10.3. The van der Waals surface area contributed by atoms with E-state index in [1.165, 1.54) is 4.52 Å². The number of nitrogens with one attached hydrogen (secondary N) is 1. The van der Waals surface area contributed by atoms with Crippen LogP contribution in [-0.2, 0) is 28.0 Å². The van der Waals surface area contributed by atoms with Gasteiger partial charge in [0.2, 0.25) is 5.91 Å². The number of hydrogen-bond acceptors (Lipinski definition) is 5. The molecule has 4 heterocycles. The molecule has 1 fully saturated rings. The maximum Gasteiger partial charge on any atom is 0.280 e. The lowest BCUT2D eigenvalue weighted by molar-refractivity contribution is -0.122. The third-order valence-electron chi connectivity index (χ3n) is 6.02. The van der Waals surface area contributed by atoms with Crippen LogP contribution in [0.3, 0.4) is 0 Å². The summed E-state index contributed by atoms with van der Waals surface area (Å²) in [6.45, 7) is 12.0. The summed E-state index contributed by atoms with van der Waals surface area (Å²) in [4.78, 5) is 41.1. The number of fused-ring (bicyclic) bond motifs is 2. The Morgan fingerprint density at radius 2 is 2.06 bits per heavy atom. The van der Waals surface area contributed by atoms with Crippen LogP contribution in [0.1, 0.15) is 69.2 Å². The van der Waals surface area contributed by atoms with Crippen LogP contribution in [0.5, 0.6) is 0 Å². The van der Waals surface area contributed by atoms with Gasteiger partial charge >= 0.3 is 0 Å². The van der Waals surface area contributed by atoms with E-state index in [2.05, 4.69) is 10.4 Å². The topological polar surface area (TPSA) is 97.9 Å². The number of hydrogen-bond donors (Lipinski definition) is 1. The fourth-order valence-corrected chi connectivity index (χ4v) is 4.37. The second kappa shape index (κ2) is 8.35. The summed E-state index contributed by atoms with van der Waals surface area (Å²) in [5.74, 6) is -0.163. The Kier molecular flexibility index (Phi) is 5.87. The number of carbonyl (C=O) groups excluding carboxylic acids is 2. The van der Waals surface area contributed by atoms with Crippen LogP contribution in [0.15, 0.2) is 10.9 Å². The summed E-state index contributed by atoms with van der Waals surface area (Å²) in [5.41, 5.74) is 1.33. The molecular weight excluding hydrogens is 410 g/mol. The van der Waals surface area contributed by atoms with Gasteiger partial charge in [0, 0.05) is 31.2 Å². The molecule has 0 spiro atoms. The van der Waals surface area contributed by atoms with Crippen LogP contribution in [0.25, 0.3) is 5.65 Å². The molecule has 0 saturated carbocycles. The van der Waals surface area contributed by atoms with E-state index in [-0.39, 0.29) is 47.9 Å². The quantitative estimate of drug-likeness (QED) is 0.733. The summed E-state index contributed by atoms with van der Waals surface area (Å²) in [7, 11) is 0. The van der Waals surface area contributed by atoms with Crippen molar-refractivity contribution in [3.8, 4) is 0 Å². The summed E-state index contributed by atoms with van der Waals surface area (Å²) in [6, 6.07) is 1.81. The molecule has 1 saturated heterocycles. The molecule has 9 heteroatoms. The Morgan fingerprint density at radius 1 is 1.31 bits per heavy atom. The molecule has 9 nitrogen and oxygen atoms in total. The minimum atomic E-state index is -0.291. The summed E-state index contributed by atoms with van der Waals surface area (Å²) in [6.07, 6.45) is 1.96. The minimum absolute atomic E-state index is 0.0318. The SMILES string of the molecule is CC(C)CN1Cc2c(n(CC(=O)NCC3CCCO3)c3cc(C(C)(C)C)nn3c2=O)C1=O. The molecule has 0 aromatic carbocycles. The van der Waals surface area contributed by atoms with Gasteiger partial charge in [-0.05, 0) is 18.8 Å². The number of nitrogens with zero attached hydrogens (tertiary/aromatic N) is 4. The van der Waals surface area contributed by atoms with Crippen molar-refractivity contribution in [1.82, 2.24) is 24.4 Å². The van der Waals surface area contributed by atoms with Crippen molar-refractivity contribution in [3.05, 3.63) is 33.4 Å². The molecule has 4 rings (SSSR count). The maximum atomic E-state index is 13.3. The first kappa shape index (κ1) is 22.5. The highest BCUT2D eigenvalue weighted by Crippen LogP contribution is 2.26. The van der Waals surface area contributed by atoms with Crippen LogP contribution < -0.4 is 10.9 Å². The van der Waals surface area contributed by atoms with Crippen molar-refractivity contribution in [2.45, 2.75) is 72.1 Å². The van der Waals surface area contributed by atoms with Crippen molar-refractivity contribution < 1.29 is 14.3 Å². The molecule has 2 aromatic heterocycles. The normalized spacial score (nSPS) is 18.8. The molecular formula is C23H33N5O4. The van der Waals surface area contributed by atoms with E-state index in [0.717, 1.165) is 25.1 Å². The first-order valence-electron chi connectivity index (χ1n) is 11.4. The van der Waals surface area contributed by atoms with Gasteiger partial charge in [-0.15, -0.1) is 0 Å². The number of rotatable bonds is 6. The maximum absolute atomic E-state index is 13.3. The molecule has 32 heavy (non-hydrogen) atoms. The van der Waals surface area contributed by atoms with Gasteiger partial charge in [0.25, 0.3) is 11.5 Å². The van der Waals surface area contributed by atoms with E-state index in [4.69, 9.17) is 4.74 Å². The average Bonchev–Trinajstić information content (AvgIpc) is 3.43. The molecule has 2 aliphatic rings. The predicted octanol–water partition coefficient (Wildman–Crippen LogP) is 1.70. The zero-order valence-electron chi connectivity index (χ0n) is 19.6.